The number of hydrogen-bond donors (Lipinski definition) is 0. The third-order valence-electron chi connectivity index (χ3n) is 2.76. The molecule has 0 aliphatic carbocycles. The summed E-state index contributed by atoms with van der Waals surface area (Å²) in [4.78, 5) is 8.56. The lowest BCUT2D eigenvalue weighted by Gasteiger charge is -1.98. The van der Waals surface area contributed by atoms with Gasteiger partial charge in [0.2, 0.25) is 0 Å². The molecule has 0 spiro atoms. The van der Waals surface area contributed by atoms with Gasteiger partial charge in [-0.2, -0.15) is 0 Å². The first kappa shape index (κ1) is 10.7. The van der Waals surface area contributed by atoms with Gasteiger partial charge in [-0.25, -0.2) is 0 Å². The van der Waals surface area contributed by atoms with Crippen LogP contribution >= 0.6 is 0 Å². The molecule has 3 aromatic rings. The fourth-order valence-electron chi connectivity index (χ4n) is 1.85. The summed E-state index contributed by atoms with van der Waals surface area (Å²) in [5, 5.41) is 1.15. The molecule has 0 saturated heterocycles. The number of benzene rings is 1. The van der Waals surface area contributed by atoms with Crippen LogP contribution in [0, 0.1) is 0 Å². The number of aromatic nitrogens is 2. The smallest absolute Gasteiger partial charge is 0.0702 e. The van der Waals surface area contributed by atoms with Crippen molar-refractivity contribution in [1.82, 2.24) is 9.97 Å². The third-order valence-corrected chi connectivity index (χ3v) is 2.76. The highest BCUT2D eigenvalue weighted by Gasteiger charge is 1.94. The summed E-state index contributed by atoms with van der Waals surface area (Å²) in [6.07, 6.45) is 7.68. The van der Waals surface area contributed by atoms with Gasteiger partial charge in [0, 0.05) is 17.8 Å². The van der Waals surface area contributed by atoms with Crippen molar-refractivity contribution in [3.8, 4) is 0 Å². The minimum absolute atomic E-state index is 0.962. The molecular weight excluding hydrogens is 220 g/mol. The van der Waals surface area contributed by atoms with Crippen LogP contribution in [0.1, 0.15) is 11.3 Å². The molecule has 2 aromatic heterocycles. The van der Waals surface area contributed by atoms with Crippen LogP contribution in [0.3, 0.4) is 0 Å². The van der Waals surface area contributed by atoms with Crippen molar-refractivity contribution in [3.63, 3.8) is 0 Å². The molecule has 0 fully saturated rings. The minimum Gasteiger partial charge on any atom is -0.257 e. The monoisotopic (exact) mass is 232 g/mol. The second kappa shape index (κ2) is 4.80. The van der Waals surface area contributed by atoms with E-state index in [9.17, 15) is 0 Å². The van der Waals surface area contributed by atoms with E-state index in [1.54, 1.807) is 6.20 Å². The van der Waals surface area contributed by atoms with E-state index >= 15 is 0 Å². The Bertz CT molecular complexity index is 688. The third kappa shape index (κ3) is 2.28. The number of hydrogen-bond acceptors (Lipinski definition) is 2. The molecular formula is C16H12N2. The quantitative estimate of drug-likeness (QED) is 0.671. The van der Waals surface area contributed by atoms with Gasteiger partial charge < -0.3 is 0 Å². The van der Waals surface area contributed by atoms with Crippen molar-refractivity contribution in [2.75, 3.05) is 0 Å². The van der Waals surface area contributed by atoms with Gasteiger partial charge in [0.1, 0.15) is 0 Å². The summed E-state index contributed by atoms with van der Waals surface area (Å²) in [6, 6.07) is 16.1. The predicted octanol–water partition coefficient (Wildman–Crippen LogP) is 3.80. The Balaban J connectivity index is 1.93. The topological polar surface area (TPSA) is 25.8 Å². The second-order valence-corrected chi connectivity index (χ2v) is 4.04. The minimum atomic E-state index is 0.962. The Morgan fingerprint density at radius 1 is 0.778 bits per heavy atom. The molecule has 0 atom stereocenters. The standard InChI is InChI=1S/C16H12N2/c1-2-10-17-15(5-1)8-6-13-7-9-16-14(12-13)4-3-11-18-16/h1-12H. The van der Waals surface area contributed by atoms with Crippen LogP contribution in [0.5, 0.6) is 0 Å². The molecule has 0 radical (unpaired) electrons. The molecule has 0 bridgehead atoms. The van der Waals surface area contributed by atoms with Crippen molar-refractivity contribution in [2.45, 2.75) is 0 Å². The highest BCUT2D eigenvalue weighted by Crippen LogP contribution is 2.15. The first-order chi connectivity index (χ1) is 8.92. The summed E-state index contributed by atoms with van der Waals surface area (Å²) in [7, 11) is 0. The van der Waals surface area contributed by atoms with Crippen LogP contribution in [0.2, 0.25) is 0 Å². The van der Waals surface area contributed by atoms with E-state index in [2.05, 4.69) is 34.2 Å². The fourth-order valence-corrected chi connectivity index (χ4v) is 1.85. The molecule has 1 aromatic carbocycles. The Hall–Kier alpha value is -2.48. The predicted molar refractivity (Wildman–Crippen MR) is 74.9 cm³/mol. The summed E-state index contributed by atoms with van der Waals surface area (Å²) in [5.74, 6) is 0. The van der Waals surface area contributed by atoms with Gasteiger partial charge in [-0.05, 0) is 42.0 Å². The van der Waals surface area contributed by atoms with Gasteiger partial charge in [-0.1, -0.05) is 24.3 Å². The SMILES string of the molecule is C(=Cc1ccccn1)c1ccc2ncccc2c1. The Morgan fingerprint density at radius 2 is 1.72 bits per heavy atom. The molecule has 86 valence electrons. The average molecular weight is 232 g/mol. The summed E-state index contributed by atoms with van der Waals surface area (Å²) in [6.45, 7) is 0. The normalized spacial score (nSPS) is 11.1. The van der Waals surface area contributed by atoms with E-state index < -0.39 is 0 Å². The van der Waals surface area contributed by atoms with E-state index in [0.717, 1.165) is 22.2 Å². The highest BCUT2D eigenvalue weighted by molar-refractivity contribution is 5.82. The molecule has 0 aliphatic rings. The lowest BCUT2D eigenvalue weighted by atomic mass is 10.1. The number of rotatable bonds is 2. The molecule has 3 rings (SSSR count). The van der Waals surface area contributed by atoms with E-state index in [0.29, 0.717) is 0 Å². The number of pyridine rings is 2. The van der Waals surface area contributed by atoms with Gasteiger partial charge in [0.15, 0.2) is 0 Å². The summed E-state index contributed by atoms with van der Waals surface area (Å²) in [5.41, 5.74) is 3.14. The van der Waals surface area contributed by atoms with Crippen LogP contribution in [-0.2, 0) is 0 Å². The van der Waals surface area contributed by atoms with Gasteiger partial charge in [0.25, 0.3) is 0 Å². The van der Waals surface area contributed by atoms with Crippen LogP contribution in [0.25, 0.3) is 23.1 Å². The van der Waals surface area contributed by atoms with E-state index in [1.807, 2.05) is 42.6 Å². The molecule has 0 aliphatic heterocycles. The van der Waals surface area contributed by atoms with Crippen LogP contribution in [0.4, 0.5) is 0 Å². The van der Waals surface area contributed by atoms with Crippen molar-refractivity contribution < 1.29 is 0 Å². The van der Waals surface area contributed by atoms with Gasteiger partial charge in [0.05, 0.1) is 11.2 Å². The van der Waals surface area contributed by atoms with Gasteiger partial charge in [-0.15, -0.1) is 0 Å². The van der Waals surface area contributed by atoms with E-state index in [4.69, 9.17) is 0 Å². The lowest BCUT2D eigenvalue weighted by Crippen LogP contribution is -1.79. The van der Waals surface area contributed by atoms with Gasteiger partial charge in [-0.3, -0.25) is 9.97 Å². The van der Waals surface area contributed by atoms with E-state index in [1.165, 1.54) is 0 Å². The highest BCUT2D eigenvalue weighted by atomic mass is 14.6. The maximum atomic E-state index is 4.30. The summed E-state index contributed by atoms with van der Waals surface area (Å²) < 4.78 is 0. The molecule has 0 amide bonds. The summed E-state index contributed by atoms with van der Waals surface area (Å²) >= 11 is 0. The molecule has 2 heteroatoms. The van der Waals surface area contributed by atoms with Crippen LogP contribution in [0.15, 0.2) is 60.9 Å². The first-order valence-electron chi connectivity index (χ1n) is 5.86. The number of nitrogens with zero attached hydrogens (tertiary/aromatic N) is 2. The Morgan fingerprint density at radius 3 is 2.61 bits per heavy atom. The number of fused-ring (bicyclic) bond motifs is 1. The molecule has 2 nitrogen and oxygen atoms in total. The largest absolute Gasteiger partial charge is 0.257 e. The lowest BCUT2D eigenvalue weighted by molar-refractivity contribution is 1.30. The van der Waals surface area contributed by atoms with Crippen molar-refractivity contribution >= 4 is 23.1 Å². The fraction of sp³-hybridized carbons (Fsp3) is 0. The average Bonchev–Trinajstić information content (AvgIpc) is 2.46. The molecule has 18 heavy (non-hydrogen) atoms. The van der Waals surface area contributed by atoms with E-state index in [-0.39, 0.29) is 0 Å². The Labute approximate surface area is 106 Å². The van der Waals surface area contributed by atoms with Gasteiger partial charge >= 0.3 is 0 Å². The maximum Gasteiger partial charge on any atom is 0.0702 e. The zero-order valence-electron chi connectivity index (χ0n) is 9.82. The van der Waals surface area contributed by atoms with Crippen molar-refractivity contribution in [1.29, 1.82) is 0 Å². The zero-order chi connectivity index (χ0) is 12.2. The molecule has 2 heterocycles. The van der Waals surface area contributed by atoms with Crippen molar-refractivity contribution in [3.05, 3.63) is 72.2 Å². The maximum absolute atomic E-state index is 4.30. The molecule has 0 unspecified atom stereocenters. The van der Waals surface area contributed by atoms with Crippen LogP contribution in [-0.4, -0.2) is 9.97 Å². The molecule has 0 N–H and O–H groups in total. The zero-order valence-corrected chi connectivity index (χ0v) is 9.82. The Kier molecular flexibility index (Phi) is 2.84. The molecule has 0 saturated carbocycles. The van der Waals surface area contributed by atoms with Crippen molar-refractivity contribution in [2.24, 2.45) is 0 Å². The second-order valence-electron chi connectivity index (χ2n) is 4.04. The first-order valence-corrected chi connectivity index (χ1v) is 5.86. The van der Waals surface area contributed by atoms with Crippen LogP contribution < -0.4 is 0 Å².